The van der Waals surface area contributed by atoms with Crippen LogP contribution >= 0.6 is 0 Å². The maximum atomic E-state index is 14.7. The summed E-state index contributed by atoms with van der Waals surface area (Å²) in [4.78, 5) is 14.4. The number of carbonyl (C=O) groups is 1. The fraction of sp³-hybridized carbons (Fsp3) is 0.321. The molecule has 0 saturated heterocycles. The number of alkyl halides is 3. The first kappa shape index (κ1) is 29.0. The lowest BCUT2D eigenvalue weighted by atomic mass is 9.87. The van der Waals surface area contributed by atoms with Gasteiger partial charge < -0.3 is 9.64 Å². The van der Waals surface area contributed by atoms with Crippen molar-refractivity contribution in [1.82, 2.24) is 4.90 Å². The summed E-state index contributed by atoms with van der Waals surface area (Å²) in [6, 6.07) is 9.23. The molecule has 10 heteroatoms. The largest absolute Gasteiger partial charge is 0.491 e. The third-order valence-electron chi connectivity index (χ3n) is 6.00. The number of rotatable bonds is 7. The highest BCUT2D eigenvalue weighted by Crippen LogP contribution is 2.31. The van der Waals surface area contributed by atoms with Gasteiger partial charge in [-0.25, -0.2) is 13.2 Å². The van der Waals surface area contributed by atoms with Crippen LogP contribution in [0.5, 0.6) is 5.75 Å². The first-order chi connectivity index (χ1) is 17.6. The van der Waals surface area contributed by atoms with Gasteiger partial charge in [0, 0.05) is 18.7 Å². The quantitative estimate of drug-likeness (QED) is 0.230. The van der Waals surface area contributed by atoms with E-state index < -0.39 is 52.2 Å². The summed E-state index contributed by atoms with van der Waals surface area (Å²) in [5.41, 5.74) is -0.778. The van der Waals surface area contributed by atoms with Gasteiger partial charge in [-0.15, -0.1) is 0 Å². The Morgan fingerprint density at radius 1 is 0.868 bits per heavy atom. The molecule has 0 saturated carbocycles. The van der Waals surface area contributed by atoms with E-state index in [2.05, 4.69) is 4.74 Å². The molecule has 3 aromatic carbocycles. The van der Waals surface area contributed by atoms with Crippen LogP contribution in [0.3, 0.4) is 0 Å². The van der Waals surface area contributed by atoms with Crippen LogP contribution in [0.15, 0.2) is 48.5 Å². The molecule has 3 aromatic rings. The molecule has 0 spiro atoms. The highest BCUT2D eigenvalue weighted by molar-refractivity contribution is 5.94. The van der Waals surface area contributed by atoms with Gasteiger partial charge in [-0.3, -0.25) is 4.79 Å². The van der Waals surface area contributed by atoms with Gasteiger partial charge in [0.05, 0.1) is 12.7 Å². The standard InChI is InChI=1S/C28H26F7NO2/c1-27(2,3)19-7-5-16(6-8-19)15-36(10-9-17-13-22(30)24(32)25(38-4)23(17)31)26(37)18-11-20(28(33,34)35)14-21(29)12-18/h5-8,11-14H,9-10,15H2,1-4H3. The molecule has 38 heavy (non-hydrogen) atoms. The van der Waals surface area contributed by atoms with Gasteiger partial charge in [-0.2, -0.15) is 17.6 Å². The molecule has 0 aliphatic carbocycles. The third kappa shape index (κ3) is 6.65. The molecule has 3 rings (SSSR count). The third-order valence-corrected chi connectivity index (χ3v) is 6.00. The predicted octanol–water partition coefficient (Wildman–Crippen LogP) is 7.45. The van der Waals surface area contributed by atoms with E-state index in [1.165, 1.54) is 0 Å². The lowest BCUT2D eigenvalue weighted by Crippen LogP contribution is -2.33. The molecular formula is C28H26F7NO2. The van der Waals surface area contributed by atoms with Crippen molar-refractivity contribution in [2.24, 2.45) is 0 Å². The molecule has 0 bridgehead atoms. The van der Waals surface area contributed by atoms with Crippen molar-refractivity contribution in [3.8, 4) is 5.75 Å². The molecule has 0 unspecified atom stereocenters. The molecule has 0 aliphatic heterocycles. The molecule has 0 N–H and O–H groups in total. The predicted molar refractivity (Wildman–Crippen MR) is 128 cm³/mol. The molecule has 0 heterocycles. The van der Waals surface area contributed by atoms with E-state index in [0.29, 0.717) is 23.8 Å². The Balaban J connectivity index is 1.98. The molecule has 0 atom stereocenters. The minimum atomic E-state index is -4.89. The monoisotopic (exact) mass is 541 g/mol. The van der Waals surface area contributed by atoms with Crippen LogP contribution in [0.2, 0.25) is 0 Å². The van der Waals surface area contributed by atoms with Gasteiger partial charge in [0.1, 0.15) is 5.82 Å². The second-order valence-corrected chi connectivity index (χ2v) is 9.83. The smallest absolute Gasteiger partial charge is 0.416 e. The fourth-order valence-corrected chi connectivity index (χ4v) is 3.89. The molecular weight excluding hydrogens is 515 g/mol. The van der Waals surface area contributed by atoms with Crippen LogP contribution in [0, 0.1) is 23.3 Å². The van der Waals surface area contributed by atoms with Crippen molar-refractivity contribution in [2.45, 2.75) is 45.3 Å². The van der Waals surface area contributed by atoms with E-state index >= 15 is 0 Å². The molecule has 0 fully saturated rings. The summed E-state index contributed by atoms with van der Waals surface area (Å²) in [6.07, 6.45) is -5.22. The zero-order chi connectivity index (χ0) is 28.4. The van der Waals surface area contributed by atoms with Crippen molar-refractivity contribution < 1.29 is 40.3 Å². The van der Waals surface area contributed by atoms with Crippen LogP contribution in [-0.4, -0.2) is 24.5 Å². The second-order valence-electron chi connectivity index (χ2n) is 9.83. The summed E-state index contributed by atoms with van der Waals surface area (Å²) in [5.74, 6) is -7.19. The zero-order valence-electron chi connectivity index (χ0n) is 21.1. The summed E-state index contributed by atoms with van der Waals surface area (Å²) in [6.45, 7) is 5.59. The van der Waals surface area contributed by atoms with Crippen molar-refractivity contribution in [1.29, 1.82) is 0 Å². The van der Waals surface area contributed by atoms with E-state index in [1.54, 1.807) is 12.1 Å². The number of hydrogen-bond acceptors (Lipinski definition) is 2. The van der Waals surface area contributed by atoms with Crippen LogP contribution in [0.1, 0.15) is 53.4 Å². The first-order valence-corrected chi connectivity index (χ1v) is 11.6. The number of nitrogens with zero attached hydrogens (tertiary/aromatic N) is 1. The van der Waals surface area contributed by atoms with Gasteiger partial charge in [0.15, 0.2) is 17.4 Å². The lowest BCUT2D eigenvalue weighted by Gasteiger charge is -2.25. The van der Waals surface area contributed by atoms with E-state index in [-0.39, 0.29) is 36.6 Å². The van der Waals surface area contributed by atoms with Crippen LogP contribution < -0.4 is 4.74 Å². The maximum absolute atomic E-state index is 14.7. The summed E-state index contributed by atoms with van der Waals surface area (Å²) in [7, 11) is 0.962. The lowest BCUT2D eigenvalue weighted by molar-refractivity contribution is -0.137. The van der Waals surface area contributed by atoms with Gasteiger partial charge in [0.25, 0.3) is 5.91 Å². The average Bonchev–Trinajstić information content (AvgIpc) is 2.83. The van der Waals surface area contributed by atoms with E-state index in [9.17, 15) is 35.5 Å². The number of benzene rings is 3. The second kappa shape index (κ2) is 11.0. The minimum absolute atomic E-state index is 0.121. The van der Waals surface area contributed by atoms with E-state index in [0.717, 1.165) is 17.6 Å². The molecule has 3 nitrogen and oxygen atoms in total. The van der Waals surface area contributed by atoms with Crippen molar-refractivity contribution >= 4 is 5.91 Å². The van der Waals surface area contributed by atoms with Gasteiger partial charge in [0.2, 0.25) is 5.82 Å². The number of carbonyl (C=O) groups excluding carboxylic acids is 1. The summed E-state index contributed by atoms with van der Waals surface area (Å²) < 4.78 is 101. The van der Waals surface area contributed by atoms with Gasteiger partial charge in [-0.1, -0.05) is 45.0 Å². The Kier molecular flexibility index (Phi) is 8.43. The first-order valence-electron chi connectivity index (χ1n) is 11.6. The normalized spacial score (nSPS) is 12.0. The summed E-state index contributed by atoms with van der Waals surface area (Å²) >= 11 is 0. The minimum Gasteiger partial charge on any atom is -0.491 e. The topological polar surface area (TPSA) is 29.5 Å². The van der Waals surface area contributed by atoms with E-state index in [1.807, 2.05) is 32.9 Å². The van der Waals surface area contributed by atoms with Crippen LogP contribution in [0.4, 0.5) is 30.7 Å². The molecule has 0 aromatic heterocycles. The van der Waals surface area contributed by atoms with Gasteiger partial charge >= 0.3 is 6.18 Å². The number of amides is 1. The Morgan fingerprint density at radius 3 is 2.05 bits per heavy atom. The SMILES string of the molecule is COc1c(F)c(F)cc(CCN(Cc2ccc(C(C)(C)C)cc2)C(=O)c2cc(F)cc(C(F)(F)F)c2)c1F. The molecule has 0 radical (unpaired) electrons. The average molecular weight is 542 g/mol. The number of ether oxygens (including phenoxy) is 1. The van der Waals surface area contributed by atoms with Crippen molar-refractivity contribution in [3.63, 3.8) is 0 Å². The van der Waals surface area contributed by atoms with Crippen LogP contribution in [0.25, 0.3) is 0 Å². The Hall–Kier alpha value is -3.56. The fourth-order valence-electron chi connectivity index (χ4n) is 3.89. The Bertz CT molecular complexity index is 1310. The number of hydrogen-bond donors (Lipinski definition) is 0. The highest BCUT2D eigenvalue weighted by atomic mass is 19.4. The van der Waals surface area contributed by atoms with Crippen LogP contribution in [-0.2, 0) is 24.6 Å². The summed E-state index contributed by atoms with van der Waals surface area (Å²) in [5, 5.41) is 0. The number of methoxy groups -OCH3 is 1. The van der Waals surface area contributed by atoms with E-state index in [4.69, 9.17) is 0 Å². The molecule has 1 amide bonds. The number of halogens is 7. The Labute approximate surface area is 215 Å². The highest BCUT2D eigenvalue weighted by Gasteiger charge is 2.32. The maximum Gasteiger partial charge on any atom is 0.416 e. The van der Waals surface area contributed by atoms with Crippen molar-refractivity contribution in [2.75, 3.05) is 13.7 Å². The van der Waals surface area contributed by atoms with Crippen molar-refractivity contribution in [3.05, 3.63) is 99.6 Å². The van der Waals surface area contributed by atoms with Gasteiger partial charge in [-0.05, 0) is 52.8 Å². The zero-order valence-corrected chi connectivity index (χ0v) is 21.1. The Morgan fingerprint density at radius 2 is 1.50 bits per heavy atom. The molecule has 0 aliphatic rings. The molecule has 204 valence electrons.